The Hall–Kier alpha value is -2.15. The summed E-state index contributed by atoms with van der Waals surface area (Å²) in [5.74, 6) is 1.64. The van der Waals surface area contributed by atoms with E-state index in [1.807, 2.05) is 13.8 Å². The van der Waals surface area contributed by atoms with Crippen molar-refractivity contribution >= 4 is 34.7 Å². The summed E-state index contributed by atoms with van der Waals surface area (Å²) in [5.41, 5.74) is 0. The summed E-state index contributed by atoms with van der Waals surface area (Å²) in [7, 11) is 0. The third-order valence-electron chi connectivity index (χ3n) is 2.24. The summed E-state index contributed by atoms with van der Waals surface area (Å²) < 4.78 is 5.51. The highest BCUT2D eigenvalue weighted by atomic mass is 32.1. The average molecular weight is 279 g/mol. The fourth-order valence-corrected chi connectivity index (χ4v) is 2.02. The molecule has 2 heterocycles. The number of nitrogens with zero attached hydrogens (tertiary/aromatic N) is 2. The second-order valence-electron chi connectivity index (χ2n) is 4.09. The molecule has 2 aromatic heterocycles. The van der Waals surface area contributed by atoms with Gasteiger partial charge in [-0.05, 0) is 6.08 Å². The Bertz CT molecular complexity index is 601. The number of carboxylic acid groups (broad SMARTS) is 1. The van der Waals surface area contributed by atoms with Crippen LogP contribution < -0.4 is 5.32 Å². The molecule has 0 aromatic carbocycles. The lowest BCUT2D eigenvalue weighted by Crippen LogP contribution is -2.06. The van der Waals surface area contributed by atoms with Crippen LogP contribution in [0.3, 0.4) is 0 Å². The molecule has 7 heteroatoms. The van der Waals surface area contributed by atoms with Gasteiger partial charge in [0.1, 0.15) is 5.76 Å². The third-order valence-corrected chi connectivity index (χ3v) is 3.12. The number of hydrogen-bond donors (Lipinski definition) is 2. The minimum atomic E-state index is -1.13. The van der Waals surface area contributed by atoms with Crippen LogP contribution in [0.4, 0.5) is 9.93 Å². The summed E-state index contributed by atoms with van der Waals surface area (Å²) in [6.45, 7) is 4.06. The number of hydrogen-bond acceptors (Lipinski definition) is 5. The second kappa shape index (κ2) is 5.66. The smallest absolute Gasteiger partial charge is 0.410 e. The molecule has 0 saturated carbocycles. The van der Waals surface area contributed by atoms with Crippen molar-refractivity contribution in [3.8, 4) is 0 Å². The second-order valence-corrected chi connectivity index (χ2v) is 5.15. The molecule has 2 rings (SSSR count). The number of carbonyl (C=O) groups is 1. The first-order valence-corrected chi connectivity index (χ1v) is 6.46. The van der Waals surface area contributed by atoms with E-state index in [-0.39, 0.29) is 0 Å². The maximum Gasteiger partial charge on any atom is 0.410 e. The van der Waals surface area contributed by atoms with Crippen molar-refractivity contribution in [2.45, 2.75) is 19.8 Å². The summed E-state index contributed by atoms with van der Waals surface area (Å²) in [4.78, 5) is 19.3. The molecule has 2 N–H and O–H groups in total. The lowest BCUT2D eigenvalue weighted by atomic mass is 10.2. The van der Waals surface area contributed by atoms with Gasteiger partial charge in [-0.25, -0.2) is 14.8 Å². The van der Waals surface area contributed by atoms with Crippen LogP contribution in [0.2, 0.25) is 0 Å². The maximum atomic E-state index is 10.4. The summed E-state index contributed by atoms with van der Waals surface area (Å²) >= 11 is 1.23. The van der Waals surface area contributed by atoms with Crippen LogP contribution in [-0.2, 0) is 0 Å². The van der Waals surface area contributed by atoms with Crippen LogP contribution in [0, 0.1) is 0 Å². The van der Waals surface area contributed by atoms with Crippen LogP contribution in [0.5, 0.6) is 0 Å². The fourth-order valence-electron chi connectivity index (χ4n) is 1.31. The van der Waals surface area contributed by atoms with E-state index in [0.29, 0.717) is 16.9 Å². The van der Waals surface area contributed by atoms with Gasteiger partial charge in [0.2, 0.25) is 5.89 Å². The van der Waals surface area contributed by atoms with Crippen LogP contribution in [-0.4, -0.2) is 21.2 Å². The summed E-state index contributed by atoms with van der Waals surface area (Å²) in [6, 6.07) is 0. The molecule has 0 bridgehead atoms. The first kappa shape index (κ1) is 13.3. The molecule has 0 aliphatic heterocycles. The van der Waals surface area contributed by atoms with E-state index in [1.165, 1.54) is 11.3 Å². The SMILES string of the molecule is CC(C)c1cnc(/C=C/c2cnc(NC(=O)O)s2)o1. The van der Waals surface area contributed by atoms with E-state index in [4.69, 9.17) is 9.52 Å². The molecule has 0 atom stereocenters. The van der Waals surface area contributed by atoms with E-state index < -0.39 is 6.09 Å². The molecule has 1 amide bonds. The average Bonchev–Trinajstić information content (AvgIpc) is 2.94. The van der Waals surface area contributed by atoms with Crippen LogP contribution in [0.15, 0.2) is 16.8 Å². The van der Waals surface area contributed by atoms with Crippen molar-refractivity contribution in [1.29, 1.82) is 0 Å². The highest BCUT2D eigenvalue weighted by Gasteiger charge is 2.06. The molecule has 0 unspecified atom stereocenters. The molecule has 19 heavy (non-hydrogen) atoms. The zero-order valence-electron chi connectivity index (χ0n) is 10.5. The number of nitrogens with one attached hydrogen (secondary N) is 1. The number of thiazole rings is 1. The number of oxazole rings is 1. The predicted octanol–water partition coefficient (Wildman–Crippen LogP) is 3.51. The Morgan fingerprint density at radius 2 is 2.21 bits per heavy atom. The Labute approximate surface area is 113 Å². The van der Waals surface area contributed by atoms with Crippen molar-refractivity contribution in [2.24, 2.45) is 0 Å². The normalized spacial score (nSPS) is 11.3. The molecular weight excluding hydrogens is 266 g/mol. The van der Waals surface area contributed by atoms with E-state index in [2.05, 4.69) is 15.3 Å². The van der Waals surface area contributed by atoms with Crippen molar-refractivity contribution in [3.05, 3.63) is 28.9 Å². The molecule has 0 saturated heterocycles. The minimum absolute atomic E-state index is 0.296. The molecule has 0 radical (unpaired) electrons. The van der Waals surface area contributed by atoms with Crippen molar-refractivity contribution in [3.63, 3.8) is 0 Å². The van der Waals surface area contributed by atoms with Gasteiger partial charge in [0.15, 0.2) is 5.13 Å². The van der Waals surface area contributed by atoms with E-state index in [9.17, 15) is 4.79 Å². The van der Waals surface area contributed by atoms with Crippen LogP contribution in [0.1, 0.15) is 36.3 Å². The van der Waals surface area contributed by atoms with Gasteiger partial charge in [-0.3, -0.25) is 5.32 Å². The molecule has 6 nitrogen and oxygen atoms in total. The van der Waals surface area contributed by atoms with Crippen LogP contribution in [0.25, 0.3) is 12.2 Å². The largest absolute Gasteiger partial charge is 0.465 e. The molecular formula is C12H13N3O3S. The third kappa shape index (κ3) is 3.65. The van der Waals surface area contributed by atoms with Gasteiger partial charge in [-0.2, -0.15) is 0 Å². The van der Waals surface area contributed by atoms with Crippen LogP contribution >= 0.6 is 11.3 Å². The first-order valence-electron chi connectivity index (χ1n) is 5.64. The topological polar surface area (TPSA) is 88.2 Å². The number of anilines is 1. The van der Waals surface area contributed by atoms with Gasteiger partial charge in [-0.15, -0.1) is 0 Å². The number of amides is 1. The maximum absolute atomic E-state index is 10.4. The van der Waals surface area contributed by atoms with Crippen molar-refractivity contribution in [2.75, 3.05) is 5.32 Å². The van der Waals surface area contributed by atoms with Gasteiger partial charge in [0.25, 0.3) is 0 Å². The monoisotopic (exact) mass is 279 g/mol. The molecule has 100 valence electrons. The zero-order valence-corrected chi connectivity index (χ0v) is 11.3. The molecule has 2 aromatic rings. The van der Waals surface area contributed by atoms with Gasteiger partial charge in [0, 0.05) is 23.1 Å². The van der Waals surface area contributed by atoms with Gasteiger partial charge < -0.3 is 9.52 Å². The predicted molar refractivity (Wildman–Crippen MR) is 73.3 cm³/mol. The highest BCUT2D eigenvalue weighted by molar-refractivity contribution is 7.16. The molecule has 0 aliphatic carbocycles. The summed E-state index contributed by atoms with van der Waals surface area (Å²) in [6.07, 6.45) is 5.66. The van der Waals surface area contributed by atoms with Gasteiger partial charge >= 0.3 is 6.09 Å². The Balaban J connectivity index is 2.05. The van der Waals surface area contributed by atoms with E-state index >= 15 is 0 Å². The highest BCUT2D eigenvalue weighted by Crippen LogP contribution is 2.21. The van der Waals surface area contributed by atoms with E-state index in [1.54, 1.807) is 24.5 Å². The standard InChI is InChI=1S/C12H13N3O3S/c1-7(2)9-6-13-10(18-9)4-3-8-5-14-11(19-8)15-12(16)17/h3-7H,1-2H3,(H,14,15)(H,16,17)/b4-3+. The lowest BCUT2D eigenvalue weighted by Gasteiger charge is -1.95. The quantitative estimate of drug-likeness (QED) is 0.894. The van der Waals surface area contributed by atoms with Crippen molar-refractivity contribution < 1.29 is 14.3 Å². The fraction of sp³-hybridized carbons (Fsp3) is 0.250. The Kier molecular flexibility index (Phi) is 3.96. The molecule has 0 spiro atoms. The zero-order chi connectivity index (χ0) is 13.8. The Morgan fingerprint density at radius 1 is 1.42 bits per heavy atom. The minimum Gasteiger partial charge on any atom is -0.465 e. The first-order chi connectivity index (χ1) is 9.04. The molecule has 0 aliphatic rings. The Morgan fingerprint density at radius 3 is 2.84 bits per heavy atom. The lowest BCUT2D eigenvalue weighted by molar-refractivity contribution is 0.209. The number of aromatic nitrogens is 2. The van der Waals surface area contributed by atoms with Gasteiger partial charge in [0.05, 0.1) is 6.20 Å². The van der Waals surface area contributed by atoms with Gasteiger partial charge in [-0.1, -0.05) is 25.2 Å². The number of rotatable bonds is 4. The molecule has 0 fully saturated rings. The van der Waals surface area contributed by atoms with E-state index in [0.717, 1.165) is 10.6 Å². The summed E-state index contributed by atoms with van der Waals surface area (Å²) in [5, 5.41) is 11.1. The van der Waals surface area contributed by atoms with Crippen molar-refractivity contribution in [1.82, 2.24) is 9.97 Å².